The average Bonchev–Trinajstić information content (AvgIpc) is 3.20. The van der Waals surface area contributed by atoms with E-state index in [9.17, 15) is 0 Å². The van der Waals surface area contributed by atoms with Crippen LogP contribution in [-0.4, -0.2) is 0 Å². The van der Waals surface area contributed by atoms with E-state index in [1.165, 1.54) is 82.6 Å². The van der Waals surface area contributed by atoms with Gasteiger partial charge in [-0.05, 0) is 171 Å². The fourth-order valence-corrected chi connectivity index (χ4v) is 8.60. The number of rotatable bonds is 6. The van der Waals surface area contributed by atoms with E-state index in [2.05, 4.69) is 239 Å². The Morgan fingerprint density at radius 1 is 0.283 bits per heavy atom. The predicted molar refractivity (Wildman–Crippen MR) is 263 cm³/mol. The van der Waals surface area contributed by atoms with Crippen molar-refractivity contribution in [3.8, 4) is 0 Å². The Balaban J connectivity index is 1.49. The quantitative estimate of drug-likeness (QED) is 0.155. The largest absolute Gasteiger partial charge is 0.310 e. The van der Waals surface area contributed by atoms with Crippen LogP contribution < -0.4 is 9.80 Å². The fourth-order valence-electron chi connectivity index (χ4n) is 8.60. The van der Waals surface area contributed by atoms with Gasteiger partial charge in [0.1, 0.15) is 0 Å². The lowest BCUT2D eigenvalue weighted by molar-refractivity contribution is 0.590. The van der Waals surface area contributed by atoms with Gasteiger partial charge in [-0.1, -0.05) is 135 Å². The molecule has 0 saturated carbocycles. The second kappa shape index (κ2) is 15.0. The molecule has 8 aromatic carbocycles. The monoisotopic (exact) mass is 786 g/mol. The zero-order valence-electron chi connectivity index (χ0n) is 38.2. The molecule has 0 amide bonds. The number of hydrogen-bond acceptors (Lipinski definition) is 2. The van der Waals surface area contributed by atoms with Crippen molar-refractivity contribution < 1.29 is 0 Å². The van der Waals surface area contributed by atoms with Crippen LogP contribution in [0.2, 0.25) is 0 Å². The van der Waals surface area contributed by atoms with Crippen LogP contribution in [0.1, 0.15) is 101 Å². The summed E-state index contributed by atoms with van der Waals surface area (Å²) in [6.45, 7) is 29.5. The van der Waals surface area contributed by atoms with Gasteiger partial charge in [0.2, 0.25) is 0 Å². The van der Waals surface area contributed by atoms with Gasteiger partial charge in [-0.25, -0.2) is 0 Å². The van der Waals surface area contributed by atoms with E-state index in [0.717, 1.165) is 22.7 Å². The molecule has 0 saturated heterocycles. The third-order valence-corrected chi connectivity index (χ3v) is 12.8. The molecular formula is C58H62N2. The number of benzene rings is 8. The molecule has 0 fully saturated rings. The lowest BCUT2D eigenvalue weighted by Gasteiger charge is -2.31. The molecule has 0 aliphatic carbocycles. The van der Waals surface area contributed by atoms with Gasteiger partial charge in [0.15, 0.2) is 0 Å². The van der Waals surface area contributed by atoms with Crippen LogP contribution in [0, 0.1) is 27.7 Å². The van der Waals surface area contributed by atoms with Gasteiger partial charge in [-0.2, -0.15) is 0 Å². The summed E-state index contributed by atoms with van der Waals surface area (Å²) in [5, 5.41) is 7.42. The second-order valence-electron chi connectivity index (χ2n) is 20.2. The summed E-state index contributed by atoms with van der Waals surface area (Å²) < 4.78 is 0. The Hall–Kier alpha value is -5.86. The van der Waals surface area contributed by atoms with Crippen LogP contribution in [0.3, 0.4) is 0 Å². The van der Waals surface area contributed by atoms with E-state index in [0.29, 0.717) is 0 Å². The highest BCUT2D eigenvalue weighted by Gasteiger charge is 2.25. The molecule has 0 aliphatic rings. The van der Waals surface area contributed by atoms with E-state index in [1.807, 2.05) is 0 Å². The van der Waals surface area contributed by atoms with E-state index in [-0.39, 0.29) is 16.2 Å². The molecule has 0 bridgehead atoms. The number of anilines is 6. The summed E-state index contributed by atoms with van der Waals surface area (Å²) in [5.41, 5.74) is 16.1. The number of nitrogens with zero attached hydrogens (tertiary/aromatic N) is 2. The third-order valence-electron chi connectivity index (χ3n) is 12.8. The van der Waals surface area contributed by atoms with E-state index in [4.69, 9.17) is 0 Å². The molecule has 0 heterocycles. The van der Waals surface area contributed by atoms with E-state index < -0.39 is 0 Å². The van der Waals surface area contributed by atoms with Gasteiger partial charge >= 0.3 is 0 Å². The molecule has 2 heteroatoms. The standard InChI is InChI=1S/C58H62N2/c1-37-18-25-46(32-39(37)3)59(44-27-20-41(21-28-44)56(5,6)7)54-36-53-51-34-43(58(11,12)13)24-31-50(51)55(35-52(53)48-16-14-15-17-49(48)54)60(47-26-19-38(2)40(4)33-47)45-29-22-42(23-30-45)57(8,9)10/h14-36H,1-13H3. The van der Waals surface area contributed by atoms with Crippen LogP contribution in [0.25, 0.3) is 32.3 Å². The van der Waals surface area contributed by atoms with Crippen molar-refractivity contribution in [2.75, 3.05) is 9.80 Å². The normalized spacial score (nSPS) is 12.4. The summed E-state index contributed by atoms with van der Waals surface area (Å²) in [7, 11) is 0. The van der Waals surface area contributed by atoms with Gasteiger partial charge in [0.25, 0.3) is 0 Å². The smallest absolute Gasteiger partial charge is 0.0546 e. The van der Waals surface area contributed by atoms with Crippen molar-refractivity contribution in [3.63, 3.8) is 0 Å². The zero-order valence-corrected chi connectivity index (χ0v) is 38.2. The molecule has 8 rings (SSSR count). The van der Waals surface area contributed by atoms with Gasteiger partial charge in [0, 0.05) is 33.5 Å². The molecular weight excluding hydrogens is 725 g/mol. The molecule has 8 aromatic rings. The molecule has 60 heavy (non-hydrogen) atoms. The Bertz CT molecular complexity index is 2890. The highest BCUT2D eigenvalue weighted by molar-refractivity contribution is 6.24. The summed E-state index contributed by atoms with van der Waals surface area (Å²) in [4.78, 5) is 4.96. The number of hydrogen-bond donors (Lipinski definition) is 0. The topological polar surface area (TPSA) is 6.48 Å². The molecule has 0 atom stereocenters. The predicted octanol–water partition coefficient (Wildman–Crippen LogP) is 17.2. The van der Waals surface area contributed by atoms with Crippen molar-refractivity contribution >= 4 is 66.4 Å². The lowest BCUT2D eigenvalue weighted by Crippen LogP contribution is -2.15. The maximum Gasteiger partial charge on any atom is 0.0546 e. The number of aryl methyl sites for hydroxylation is 4. The second-order valence-corrected chi connectivity index (χ2v) is 20.2. The molecule has 0 spiro atoms. The minimum absolute atomic E-state index is 0.0347. The highest BCUT2D eigenvalue weighted by Crippen LogP contribution is 2.49. The Kier molecular flexibility index (Phi) is 10.2. The summed E-state index contributed by atoms with van der Waals surface area (Å²) in [6, 6.07) is 53.4. The van der Waals surface area contributed by atoms with Crippen LogP contribution in [0.5, 0.6) is 0 Å². The van der Waals surface area contributed by atoms with E-state index >= 15 is 0 Å². The summed E-state index contributed by atoms with van der Waals surface area (Å²) in [6.07, 6.45) is 0. The van der Waals surface area contributed by atoms with Crippen LogP contribution >= 0.6 is 0 Å². The fraction of sp³-hybridized carbons (Fsp3) is 0.276. The first-order valence-electron chi connectivity index (χ1n) is 21.7. The first-order chi connectivity index (χ1) is 28.3. The van der Waals surface area contributed by atoms with E-state index in [1.54, 1.807) is 0 Å². The van der Waals surface area contributed by atoms with Gasteiger partial charge in [-0.3, -0.25) is 0 Å². The SMILES string of the molecule is Cc1ccc(N(c2ccc(C(C)(C)C)cc2)c2cc3c4cc(C(C)(C)C)ccc4c(N(c4ccc(C(C)(C)C)cc4)c4ccc(C)c(C)c4)cc3c3ccccc23)cc1C. The molecule has 0 N–H and O–H groups in total. The van der Waals surface area contributed by atoms with Crippen LogP contribution in [0.15, 0.2) is 140 Å². The molecule has 0 aromatic heterocycles. The van der Waals surface area contributed by atoms with Crippen molar-refractivity contribution in [3.05, 3.63) is 178 Å². The average molecular weight is 787 g/mol. The minimum Gasteiger partial charge on any atom is -0.310 e. The number of fused-ring (bicyclic) bond motifs is 5. The lowest BCUT2D eigenvalue weighted by atomic mass is 9.84. The van der Waals surface area contributed by atoms with Crippen molar-refractivity contribution in [2.24, 2.45) is 0 Å². The third kappa shape index (κ3) is 7.58. The zero-order chi connectivity index (χ0) is 42.9. The van der Waals surface area contributed by atoms with Gasteiger partial charge in [0.05, 0.1) is 11.4 Å². The molecule has 0 aliphatic heterocycles. The van der Waals surface area contributed by atoms with Crippen molar-refractivity contribution in [2.45, 2.75) is 106 Å². The van der Waals surface area contributed by atoms with Crippen molar-refractivity contribution in [1.82, 2.24) is 0 Å². The molecule has 304 valence electrons. The Morgan fingerprint density at radius 3 is 1.05 bits per heavy atom. The first-order valence-corrected chi connectivity index (χ1v) is 21.7. The Morgan fingerprint density at radius 2 is 0.633 bits per heavy atom. The first kappa shape index (κ1) is 40.9. The van der Waals surface area contributed by atoms with Crippen LogP contribution in [-0.2, 0) is 16.2 Å². The highest BCUT2D eigenvalue weighted by atomic mass is 15.2. The maximum atomic E-state index is 2.48. The summed E-state index contributed by atoms with van der Waals surface area (Å²) in [5.74, 6) is 0. The Labute approximate surface area is 359 Å². The van der Waals surface area contributed by atoms with Gasteiger partial charge in [-0.15, -0.1) is 0 Å². The molecule has 0 radical (unpaired) electrons. The summed E-state index contributed by atoms with van der Waals surface area (Å²) >= 11 is 0. The van der Waals surface area contributed by atoms with Crippen molar-refractivity contribution in [1.29, 1.82) is 0 Å². The minimum atomic E-state index is -0.0347. The molecule has 0 unspecified atom stereocenters. The molecule has 2 nitrogen and oxygen atoms in total. The van der Waals surface area contributed by atoms with Gasteiger partial charge < -0.3 is 9.80 Å². The van der Waals surface area contributed by atoms with Crippen LogP contribution in [0.4, 0.5) is 34.1 Å². The maximum absolute atomic E-state index is 2.48.